The van der Waals surface area contributed by atoms with E-state index >= 15 is 0 Å². The summed E-state index contributed by atoms with van der Waals surface area (Å²) in [6, 6.07) is 40.1. The molecule has 0 atom stereocenters. The molecular weight excluding hydrogens is 406 g/mol. The molecule has 0 saturated carbocycles. The van der Waals surface area contributed by atoms with Crippen molar-refractivity contribution in [3.8, 4) is 17.2 Å². The van der Waals surface area contributed by atoms with Gasteiger partial charge in [0.2, 0.25) is 0 Å². The Labute approximate surface area is 193 Å². The number of para-hydroxylation sites is 1. The molecule has 0 aromatic heterocycles. The second kappa shape index (κ2) is 9.84. The molecule has 0 aliphatic rings. The number of ether oxygens (including phenoxy) is 2. The first-order chi connectivity index (χ1) is 16.3. The molecule has 5 rings (SSSR count). The maximum Gasteiger partial charge on any atom is 0.127 e. The van der Waals surface area contributed by atoms with Crippen LogP contribution in [-0.4, -0.2) is 6.21 Å². The smallest absolute Gasteiger partial charge is 0.127 e. The number of hydrogen-bond acceptors (Lipinski definition) is 3. The lowest BCUT2D eigenvalue weighted by molar-refractivity contribution is 0.307. The molecule has 33 heavy (non-hydrogen) atoms. The quantitative estimate of drug-likeness (QED) is 0.246. The van der Waals surface area contributed by atoms with E-state index < -0.39 is 0 Å². The van der Waals surface area contributed by atoms with E-state index in [1.165, 1.54) is 16.3 Å². The van der Waals surface area contributed by atoms with Crippen LogP contribution in [0.2, 0.25) is 0 Å². The van der Waals surface area contributed by atoms with Crippen LogP contribution in [0.1, 0.15) is 11.1 Å². The Morgan fingerprint density at radius 3 is 2.06 bits per heavy atom. The predicted molar refractivity (Wildman–Crippen MR) is 135 cm³/mol. The zero-order chi connectivity index (χ0) is 22.3. The maximum atomic E-state index is 6.02. The summed E-state index contributed by atoms with van der Waals surface area (Å²) in [6.07, 6.45) is 1.85. The monoisotopic (exact) mass is 429 g/mol. The largest absolute Gasteiger partial charge is 0.489 e. The molecule has 0 unspecified atom stereocenters. The summed E-state index contributed by atoms with van der Waals surface area (Å²) in [5.74, 6) is 2.44. The first-order valence-electron chi connectivity index (χ1n) is 10.9. The second-order valence-corrected chi connectivity index (χ2v) is 7.66. The fourth-order valence-electron chi connectivity index (χ4n) is 3.60. The van der Waals surface area contributed by atoms with E-state index in [2.05, 4.69) is 47.5 Å². The van der Waals surface area contributed by atoms with Gasteiger partial charge >= 0.3 is 0 Å². The van der Waals surface area contributed by atoms with E-state index in [1.807, 2.05) is 85.1 Å². The third-order valence-corrected chi connectivity index (χ3v) is 5.33. The fraction of sp³-hybridized carbons (Fsp3) is 0.0333. The molecule has 0 amide bonds. The minimum Gasteiger partial charge on any atom is -0.489 e. The minimum atomic E-state index is 0.534. The number of benzene rings is 5. The topological polar surface area (TPSA) is 30.8 Å². The first kappa shape index (κ1) is 20.5. The molecule has 3 heteroatoms. The molecule has 3 nitrogen and oxygen atoms in total. The van der Waals surface area contributed by atoms with Crippen molar-refractivity contribution in [1.82, 2.24) is 0 Å². The van der Waals surface area contributed by atoms with Crippen LogP contribution in [-0.2, 0) is 6.61 Å². The minimum absolute atomic E-state index is 0.534. The lowest BCUT2D eigenvalue weighted by atomic mass is 10.1. The maximum absolute atomic E-state index is 6.02. The van der Waals surface area contributed by atoms with Crippen molar-refractivity contribution in [2.75, 3.05) is 0 Å². The van der Waals surface area contributed by atoms with Gasteiger partial charge in [0.05, 0.1) is 5.69 Å². The Kier molecular flexibility index (Phi) is 6.12. The van der Waals surface area contributed by atoms with Gasteiger partial charge in [-0.15, -0.1) is 0 Å². The molecular formula is C30H23NO2. The Morgan fingerprint density at radius 2 is 1.24 bits per heavy atom. The average Bonchev–Trinajstić information content (AvgIpc) is 2.88. The first-order valence-corrected chi connectivity index (χ1v) is 10.9. The van der Waals surface area contributed by atoms with Crippen molar-refractivity contribution in [2.24, 2.45) is 4.99 Å². The summed E-state index contributed by atoms with van der Waals surface area (Å²) in [5.41, 5.74) is 3.06. The van der Waals surface area contributed by atoms with Crippen molar-refractivity contribution in [3.05, 3.63) is 132 Å². The van der Waals surface area contributed by atoms with Crippen LogP contribution >= 0.6 is 0 Å². The van der Waals surface area contributed by atoms with Crippen molar-refractivity contribution in [3.63, 3.8) is 0 Å². The Morgan fingerprint density at radius 1 is 0.576 bits per heavy atom. The summed E-state index contributed by atoms with van der Waals surface area (Å²) < 4.78 is 11.8. The Bertz CT molecular complexity index is 1350. The highest BCUT2D eigenvalue weighted by Gasteiger charge is 2.02. The summed E-state index contributed by atoms with van der Waals surface area (Å²) in [6.45, 7) is 0.534. The molecule has 0 N–H and O–H groups in total. The van der Waals surface area contributed by atoms with Gasteiger partial charge in [-0.1, -0.05) is 60.7 Å². The number of rotatable bonds is 7. The van der Waals surface area contributed by atoms with Crippen molar-refractivity contribution >= 4 is 22.7 Å². The van der Waals surface area contributed by atoms with Gasteiger partial charge < -0.3 is 9.47 Å². The normalized spacial score (nSPS) is 11.0. The number of fused-ring (bicyclic) bond motifs is 1. The van der Waals surface area contributed by atoms with E-state index in [0.29, 0.717) is 6.61 Å². The Balaban J connectivity index is 1.19. The zero-order valence-electron chi connectivity index (χ0n) is 18.1. The van der Waals surface area contributed by atoms with Crippen molar-refractivity contribution in [1.29, 1.82) is 0 Å². The third-order valence-electron chi connectivity index (χ3n) is 5.33. The predicted octanol–water partition coefficient (Wildman–Crippen LogP) is 7.96. The van der Waals surface area contributed by atoms with Gasteiger partial charge in [-0.05, 0) is 82.6 Å². The lowest BCUT2D eigenvalue weighted by Crippen LogP contribution is -1.96. The van der Waals surface area contributed by atoms with Crippen LogP contribution in [0.3, 0.4) is 0 Å². The van der Waals surface area contributed by atoms with Gasteiger partial charge in [0.25, 0.3) is 0 Å². The number of nitrogens with zero attached hydrogens (tertiary/aromatic N) is 1. The Hall–Kier alpha value is -4.37. The van der Waals surface area contributed by atoms with Crippen LogP contribution in [0.5, 0.6) is 17.2 Å². The molecule has 0 radical (unpaired) electrons. The van der Waals surface area contributed by atoms with Crippen LogP contribution < -0.4 is 9.47 Å². The van der Waals surface area contributed by atoms with E-state index in [-0.39, 0.29) is 0 Å². The van der Waals surface area contributed by atoms with Gasteiger partial charge in [-0.3, -0.25) is 4.99 Å². The van der Waals surface area contributed by atoms with Gasteiger partial charge in [0.1, 0.15) is 23.9 Å². The van der Waals surface area contributed by atoms with Crippen molar-refractivity contribution < 1.29 is 9.47 Å². The van der Waals surface area contributed by atoms with E-state index in [1.54, 1.807) is 0 Å². The highest BCUT2D eigenvalue weighted by atomic mass is 16.5. The van der Waals surface area contributed by atoms with Gasteiger partial charge in [-0.2, -0.15) is 0 Å². The summed E-state index contributed by atoms with van der Waals surface area (Å²) in [5, 5.41) is 2.45. The molecule has 0 aliphatic heterocycles. The van der Waals surface area contributed by atoms with Gasteiger partial charge in [0, 0.05) is 6.21 Å². The third kappa shape index (κ3) is 5.28. The van der Waals surface area contributed by atoms with Crippen LogP contribution in [0, 0.1) is 0 Å². The highest BCUT2D eigenvalue weighted by molar-refractivity contribution is 5.85. The van der Waals surface area contributed by atoms with Crippen LogP contribution in [0.25, 0.3) is 10.8 Å². The fourth-order valence-corrected chi connectivity index (χ4v) is 3.60. The standard InChI is InChI=1S/C30H23NO2/c1-2-10-28(11-3-1)33-29-19-15-26(16-20-29)31-21-23-13-17-27(18-14-23)32-22-25-9-6-8-24-7-4-5-12-30(24)25/h1-21H,22H2. The average molecular weight is 430 g/mol. The SMILES string of the molecule is C(=Nc1ccc(Oc2ccccc2)cc1)c1ccc(OCc2cccc3ccccc23)cc1. The molecule has 160 valence electrons. The van der Waals surface area contributed by atoms with Gasteiger partial charge in [-0.25, -0.2) is 0 Å². The molecule has 5 aromatic carbocycles. The molecule has 0 spiro atoms. The lowest BCUT2D eigenvalue weighted by Gasteiger charge is -2.09. The van der Waals surface area contributed by atoms with Crippen LogP contribution in [0.4, 0.5) is 5.69 Å². The van der Waals surface area contributed by atoms with E-state index in [0.717, 1.165) is 28.5 Å². The number of aliphatic imine (C=N–C) groups is 1. The zero-order valence-corrected chi connectivity index (χ0v) is 18.1. The molecule has 5 aromatic rings. The number of hydrogen-bond donors (Lipinski definition) is 0. The van der Waals surface area contributed by atoms with E-state index in [9.17, 15) is 0 Å². The second-order valence-electron chi connectivity index (χ2n) is 7.66. The summed E-state index contributed by atoms with van der Waals surface area (Å²) >= 11 is 0. The highest BCUT2D eigenvalue weighted by Crippen LogP contribution is 2.24. The summed E-state index contributed by atoms with van der Waals surface area (Å²) in [4.78, 5) is 4.56. The molecule has 0 heterocycles. The van der Waals surface area contributed by atoms with Crippen LogP contribution in [0.15, 0.2) is 126 Å². The van der Waals surface area contributed by atoms with E-state index in [4.69, 9.17) is 9.47 Å². The molecule has 0 bridgehead atoms. The molecule has 0 saturated heterocycles. The molecule has 0 aliphatic carbocycles. The molecule has 0 fully saturated rings. The summed E-state index contributed by atoms with van der Waals surface area (Å²) in [7, 11) is 0. The van der Waals surface area contributed by atoms with Crippen molar-refractivity contribution in [2.45, 2.75) is 6.61 Å². The van der Waals surface area contributed by atoms with Gasteiger partial charge in [0.15, 0.2) is 0 Å².